The van der Waals surface area contributed by atoms with Crippen LogP contribution >= 0.6 is 0 Å². The number of amides is 1. The number of aromatic hydroxyl groups is 1. The molecule has 6 nitrogen and oxygen atoms in total. The highest BCUT2D eigenvalue weighted by Crippen LogP contribution is 2.28. The highest BCUT2D eigenvalue weighted by atomic mass is 32.2. The van der Waals surface area contributed by atoms with E-state index in [2.05, 4.69) is 10.3 Å². The third-order valence-corrected chi connectivity index (χ3v) is 5.71. The van der Waals surface area contributed by atoms with Gasteiger partial charge in [-0.1, -0.05) is 18.6 Å². The summed E-state index contributed by atoms with van der Waals surface area (Å²) in [5.41, 5.74) is 2.27. The van der Waals surface area contributed by atoms with Crippen LogP contribution in [0.4, 0.5) is 5.69 Å². The minimum absolute atomic E-state index is 0.0503. The van der Waals surface area contributed by atoms with Gasteiger partial charge >= 0.3 is 0 Å². The van der Waals surface area contributed by atoms with Gasteiger partial charge in [-0.2, -0.15) is 0 Å². The van der Waals surface area contributed by atoms with Crippen LogP contribution in [0.5, 0.6) is 5.75 Å². The van der Waals surface area contributed by atoms with Crippen LogP contribution in [0.15, 0.2) is 47.4 Å². The zero-order valence-corrected chi connectivity index (χ0v) is 14.6. The fraction of sp³-hybridized carbons (Fsp3) is 0.167. The standard InChI is InChI=1S/C18H18N2O4S/c1-3-25(23,24)13-5-7-17(21)15(10-13)20-18(22)16-9-12-8-11(2)4-6-14(12)19-16/h4-10,19,21H,3H2,1-2H3,(H,20,22). The van der Waals surface area contributed by atoms with Crippen molar-refractivity contribution in [3.8, 4) is 5.75 Å². The monoisotopic (exact) mass is 358 g/mol. The topological polar surface area (TPSA) is 99.3 Å². The number of H-pyrrole nitrogens is 1. The van der Waals surface area contributed by atoms with Crippen molar-refractivity contribution in [2.24, 2.45) is 0 Å². The van der Waals surface area contributed by atoms with Gasteiger partial charge in [0.25, 0.3) is 5.91 Å². The van der Waals surface area contributed by atoms with Crippen molar-refractivity contribution in [1.29, 1.82) is 0 Å². The van der Waals surface area contributed by atoms with Gasteiger partial charge in [0.1, 0.15) is 11.4 Å². The highest BCUT2D eigenvalue weighted by molar-refractivity contribution is 7.91. The number of benzene rings is 2. The van der Waals surface area contributed by atoms with E-state index in [1.54, 1.807) is 6.07 Å². The van der Waals surface area contributed by atoms with Crippen molar-refractivity contribution in [3.05, 3.63) is 53.7 Å². The summed E-state index contributed by atoms with van der Waals surface area (Å²) in [5.74, 6) is -0.724. The van der Waals surface area contributed by atoms with Crippen molar-refractivity contribution >= 4 is 32.3 Å². The van der Waals surface area contributed by atoms with E-state index in [1.807, 2.05) is 25.1 Å². The first-order chi connectivity index (χ1) is 11.8. The molecule has 0 aliphatic carbocycles. The van der Waals surface area contributed by atoms with E-state index < -0.39 is 15.7 Å². The molecule has 1 aromatic heterocycles. The number of carbonyl (C=O) groups is 1. The van der Waals surface area contributed by atoms with Crippen LogP contribution in [0.3, 0.4) is 0 Å². The summed E-state index contributed by atoms with van der Waals surface area (Å²) < 4.78 is 23.9. The Morgan fingerprint density at radius 2 is 1.92 bits per heavy atom. The number of rotatable bonds is 4. The van der Waals surface area contributed by atoms with Gasteiger partial charge in [-0.15, -0.1) is 0 Å². The molecule has 0 aliphatic rings. The minimum Gasteiger partial charge on any atom is -0.506 e. The van der Waals surface area contributed by atoms with Crippen LogP contribution in [-0.2, 0) is 9.84 Å². The zero-order valence-electron chi connectivity index (χ0n) is 13.8. The van der Waals surface area contributed by atoms with E-state index >= 15 is 0 Å². The number of phenols is 1. The van der Waals surface area contributed by atoms with E-state index in [0.29, 0.717) is 5.69 Å². The number of aromatic nitrogens is 1. The minimum atomic E-state index is -3.43. The van der Waals surface area contributed by atoms with E-state index in [4.69, 9.17) is 0 Å². The molecule has 0 spiro atoms. The fourth-order valence-electron chi connectivity index (χ4n) is 2.54. The summed E-state index contributed by atoms with van der Waals surface area (Å²) in [6.45, 7) is 3.50. The second kappa shape index (κ2) is 6.25. The molecular formula is C18H18N2O4S. The van der Waals surface area contributed by atoms with Gasteiger partial charge in [-0.3, -0.25) is 4.79 Å². The Labute approximate surface area is 145 Å². The Morgan fingerprint density at radius 1 is 1.16 bits per heavy atom. The average Bonchev–Trinajstić information content (AvgIpc) is 2.99. The number of nitrogens with one attached hydrogen (secondary N) is 2. The molecule has 7 heteroatoms. The van der Waals surface area contributed by atoms with E-state index in [9.17, 15) is 18.3 Å². The molecule has 0 aliphatic heterocycles. The fourth-order valence-corrected chi connectivity index (χ4v) is 3.45. The lowest BCUT2D eigenvalue weighted by Crippen LogP contribution is -2.13. The summed E-state index contributed by atoms with van der Waals surface area (Å²) in [6.07, 6.45) is 0. The molecule has 0 atom stereocenters. The van der Waals surface area contributed by atoms with Crippen LogP contribution in [0.1, 0.15) is 23.0 Å². The summed E-state index contributed by atoms with van der Waals surface area (Å²) in [5, 5.41) is 13.4. The molecule has 1 heterocycles. The molecule has 0 fully saturated rings. The lowest BCUT2D eigenvalue weighted by Gasteiger charge is -2.09. The molecule has 1 amide bonds. The molecule has 0 saturated heterocycles. The first-order valence-corrected chi connectivity index (χ1v) is 9.42. The number of aromatic amines is 1. The summed E-state index contributed by atoms with van der Waals surface area (Å²) >= 11 is 0. The number of fused-ring (bicyclic) bond motifs is 1. The molecule has 0 bridgehead atoms. The molecule has 3 N–H and O–H groups in total. The molecule has 3 rings (SSSR count). The van der Waals surface area contributed by atoms with Crippen LogP contribution in [0.25, 0.3) is 10.9 Å². The Hall–Kier alpha value is -2.80. The Bertz CT molecular complexity index is 1070. The summed E-state index contributed by atoms with van der Waals surface area (Å²) in [4.78, 5) is 15.5. The molecule has 2 aromatic carbocycles. The van der Waals surface area contributed by atoms with Gasteiger partial charge in [-0.05, 0) is 43.3 Å². The average molecular weight is 358 g/mol. The van der Waals surface area contributed by atoms with Crippen molar-refractivity contribution in [1.82, 2.24) is 4.98 Å². The van der Waals surface area contributed by atoms with E-state index in [0.717, 1.165) is 16.5 Å². The molecule has 0 saturated carbocycles. The SMILES string of the molecule is CCS(=O)(=O)c1ccc(O)c(NC(=O)c2cc3cc(C)ccc3[nH]2)c1. The second-order valence-electron chi connectivity index (χ2n) is 5.81. The number of carbonyl (C=O) groups excluding carboxylic acids is 1. The molecule has 0 radical (unpaired) electrons. The largest absolute Gasteiger partial charge is 0.506 e. The summed E-state index contributed by atoms with van der Waals surface area (Å²) in [6, 6.07) is 11.3. The van der Waals surface area contributed by atoms with Gasteiger partial charge in [-0.25, -0.2) is 8.42 Å². The van der Waals surface area contributed by atoms with Crippen molar-refractivity contribution in [2.75, 3.05) is 11.1 Å². The van der Waals surface area contributed by atoms with Crippen molar-refractivity contribution in [3.63, 3.8) is 0 Å². The predicted molar refractivity (Wildman–Crippen MR) is 96.8 cm³/mol. The first-order valence-electron chi connectivity index (χ1n) is 7.76. The van der Waals surface area contributed by atoms with Crippen LogP contribution in [0, 0.1) is 6.92 Å². The Morgan fingerprint density at radius 3 is 2.64 bits per heavy atom. The molecule has 130 valence electrons. The maximum Gasteiger partial charge on any atom is 0.272 e. The number of sulfone groups is 1. The lowest BCUT2D eigenvalue weighted by molar-refractivity contribution is 0.102. The number of hydrogen-bond acceptors (Lipinski definition) is 4. The van der Waals surface area contributed by atoms with Crippen LogP contribution in [0.2, 0.25) is 0 Å². The van der Waals surface area contributed by atoms with Crippen LogP contribution < -0.4 is 5.32 Å². The molecule has 25 heavy (non-hydrogen) atoms. The van der Waals surface area contributed by atoms with Gasteiger partial charge in [0.2, 0.25) is 0 Å². The normalized spacial score (nSPS) is 11.6. The smallest absolute Gasteiger partial charge is 0.272 e. The summed E-state index contributed by atoms with van der Waals surface area (Å²) in [7, 11) is -3.43. The van der Waals surface area contributed by atoms with E-state index in [1.165, 1.54) is 25.1 Å². The number of phenolic OH excluding ortho intramolecular Hbond substituents is 1. The Kier molecular flexibility index (Phi) is 4.26. The number of aryl methyl sites for hydroxylation is 1. The molecule has 0 unspecified atom stereocenters. The van der Waals surface area contributed by atoms with Gasteiger partial charge < -0.3 is 15.4 Å². The van der Waals surface area contributed by atoms with Gasteiger partial charge in [0.15, 0.2) is 9.84 Å². The number of hydrogen-bond donors (Lipinski definition) is 3. The lowest BCUT2D eigenvalue weighted by atomic mass is 10.2. The molecular weight excluding hydrogens is 340 g/mol. The van der Waals surface area contributed by atoms with E-state index in [-0.39, 0.29) is 22.1 Å². The van der Waals surface area contributed by atoms with Gasteiger partial charge in [0.05, 0.1) is 16.3 Å². The number of anilines is 1. The zero-order chi connectivity index (χ0) is 18.2. The third kappa shape index (κ3) is 3.36. The maximum atomic E-state index is 12.4. The van der Waals surface area contributed by atoms with Crippen molar-refractivity contribution < 1.29 is 18.3 Å². The first kappa shape index (κ1) is 17.0. The quantitative estimate of drug-likeness (QED) is 0.624. The maximum absolute atomic E-state index is 12.4. The second-order valence-corrected chi connectivity index (χ2v) is 8.09. The Balaban J connectivity index is 1.93. The van der Waals surface area contributed by atoms with Crippen molar-refractivity contribution in [2.45, 2.75) is 18.7 Å². The predicted octanol–water partition coefficient (Wildman–Crippen LogP) is 3.23. The third-order valence-electron chi connectivity index (χ3n) is 3.98. The highest BCUT2D eigenvalue weighted by Gasteiger charge is 2.16. The van der Waals surface area contributed by atoms with Gasteiger partial charge in [0, 0.05) is 10.9 Å². The molecule has 3 aromatic rings. The van der Waals surface area contributed by atoms with Crippen LogP contribution in [-0.4, -0.2) is 30.2 Å².